The number of rotatable bonds is 2. The van der Waals surface area contributed by atoms with Crippen LogP contribution >= 0.6 is 27.5 Å². The monoisotopic (exact) mass is 325 g/mol. The highest BCUT2D eigenvalue weighted by Gasteiger charge is 2.03. The fourth-order valence-corrected chi connectivity index (χ4v) is 1.76. The molecule has 4 nitrogen and oxygen atoms in total. The number of hydrogen-bond donors (Lipinski definition) is 2. The molecule has 0 aliphatic rings. The van der Waals surface area contributed by atoms with Gasteiger partial charge in [0.25, 0.3) is 0 Å². The first kappa shape index (κ1) is 12.9. The van der Waals surface area contributed by atoms with E-state index in [9.17, 15) is 4.79 Å². The van der Waals surface area contributed by atoms with E-state index in [-0.39, 0.29) is 6.03 Å². The maximum absolute atomic E-state index is 11.7. The average Bonchev–Trinajstić information content (AvgIpc) is 2.32. The summed E-state index contributed by atoms with van der Waals surface area (Å²) in [7, 11) is 0. The van der Waals surface area contributed by atoms with Crippen LogP contribution in [-0.4, -0.2) is 11.0 Å². The second kappa shape index (κ2) is 5.84. The van der Waals surface area contributed by atoms with E-state index in [0.29, 0.717) is 21.1 Å². The van der Waals surface area contributed by atoms with E-state index < -0.39 is 0 Å². The zero-order valence-electron chi connectivity index (χ0n) is 9.15. The lowest BCUT2D eigenvalue weighted by atomic mass is 10.3. The van der Waals surface area contributed by atoms with Gasteiger partial charge in [0.2, 0.25) is 0 Å². The van der Waals surface area contributed by atoms with E-state index in [4.69, 9.17) is 11.6 Å². The van der Waals surface area contributed by atoms with Crippen molar-refractivity contribution in [2.75, 3.05) is 10.6 Å². The van der Waals surface area contributed by atoms with Gasteiger partial charge in [0, 0.05) is 10.7 Å². The summed E-state index contributed by atoms with van der Waals surface area (Å²) in [4.78, 5) is 15.8. The van der Waals surface area contributed by atoms with Crippen LogP contribution in [0.3, 0.4) is 0 Å². The van der Waals surface area contributed by atoms with E-state index in [1.54, 1.807) is 42.5 Å². The predicted octanol–water partition coefficient (Wildman–Crippen LogP) is 4.14. The van der Waals surface area contributed by atoms with E-state index in [1.165, 1.54) is 0 Å². The highest BCUT2D eigenvalue weighted by molar-refractivity contribution is 9.10. The van der Waals surface area contributed by atoms with Crippen molar-refractivity contribution in [2.24, 2.45) is 0 Å². The van der Waals surface area contributed by atoms with Gasteiger partial charge in [0.1, 0.15) is 10.4 Å². The van der Waals surface area contributed by atoms with Crippen LogP contribution in [0, 0.1) is 0 Å². The molecule has 92 valence electrons. The summed E-state index contributed by atoms with van der Waals surface area (Å²) in [6, 6.07) is 11.8. The molecule has 18 heavy (non-hydrogen) atoms. The summed E-state index contributed by atoms with van der Waals surface area (Å²) < 4.78 is 0.659. The zero-order chi connectivity index (χ0) is 13.0. The summed E-state index contributed by atoms with van der Waals surface area (Å²) in [5.74, 6) is 0.468. The van der Waals surface area contributed by atoms with Crippen LogP contribution in [0.1, 0.15) is 0 Å². The summed E-state index contributed by atoms with van der Waals surface area (Å²) in [6.45, 7) is 0. The normalized spacial score (nSPS) is 9.89. The molecule has 0 radical (unpaired) electrons. The second-order valence-electron chi connectivity index (χ2n) is 3.43. The van der Waals surface area contributed by atoms with Crippen molar-refractivity contribution < 1.29 is 4.79 Å². The van der Waals surface area contributed by atoms with Gasteiger partial charge in [-0.05, 0) is 52.3 Å². The molecule has 0 bridgehead atoms. The largest absolute Gasteiger partial charge is 0.324 e. The Labute approximate surface area is 118 Å². The molecule has 1 heterocycles. The first-order chi connectivity index (χ1) is 8.63. The molecule has 2 amide bonds. The van der Waals surface area contributed by atoms with Crippen molar-refractivity contribution in [1.82, 2.24) is 4.98 Å². The Balaban J connectivity index is 1.98. The predicted molar refractivity (Wildman–Crippen MR) is 76.0 cm³/mol. The maximum Gasteiger partial charge on any atom is 0.324 e. The number of anilines is 2. The smallest absolute Gasteiger partial charge is 0.308 e. The summed E-state index contributed by atoms with van der Waals surface area (Å²) in [6.07, 6.45) is 0. The number of amides is 2. The molecule has 0 unspecified atom stereocenters. The molecule has 2 aromatic rings. The fourth-order valence-electron chi connectivity index (χ4n) is 1.29. The molecule has 2 rings (SSSR count). The third kappa shape index (κ3) is 3.72. The van der Waals surface area contributed by atoms with Crippen LogP contribution in [0.15, 0.2) is 47.1 Å². The van der Waals surface area contributed by atoms with E-state index in [0.717, 1.165) is 0 Å². The van der Waals surface area contributed by atoms with Crippen molar-refractivity contribution in [3.05, 3.63) is 52.1 Å². The van der Waals surface area contributed by atoms with Gasteiger partial charge in [-0.15, -0.1) is 0 Å². The van der Waals surface area contributed by atoms with Crippen molar-refractivity contribution in [1.29, 1.82) is 0 Å². The number of pyridine rings is 1. The van der Waals surface area contributed by atoms with E-state index in [2.05, 4.69) is 31.5 Å². The highest BCUT2D eigenvalue weighted by atomic mass is 79.9. The Morgan fingerprint density at radius 3 is 2.50 bits per heavy atom. The molecule has 1 aromatic carbocycles. The Morgan fingerprint density at radius 1 is 1.11 bits per heavy atom. The number of nitrogens with zero attached hydrogens (tertiary/aromatic N) is 1. The fraction of sp³-hybridized carbons (Fsp3) is 0. The van der Waals surface area contributed by atoms with Crippen LogP contribution in [0.2, 0.25) is 5.02 Å². The quantitative estimate of drug-likeness (QED) is 0.815. The number of urea groups is 1. The molecule has 0 atom stereocenters. The molecule has 0 saturated carbocycles. The molecule has 0 fully saturated rings. The SMILES string of the molecule is O=C(Nc1ccc(Cl)cc1)Nc1cccc(Br)n1. The number of nitrogens with one attached hydrogen (secondary N) is 2. The molecule has 0 aliphatic carbocycles. The van der Waals surface area contributed by atoms with Crippen LogP contribution in [-0.2, 0) is 0 Å². The number of carbonyl (C=O) groups is 1. The van der Waals surface area contributed by atoms with Crippen molar-refractivity contribution in [3.8, 4) is 0 Å². The van der Waals surface area contributed by atoms with Crippen molar-refractivity contribution >= 4 is 45.1 Å². The number of halogens is 2. The van der Waals surface area contributed by atoms with Crippen LogP contribution in [0.5, 0.6) is 0 Å². The van der Waals surface area contributed by atoms with Gasteiger partial charge >= 0.3 is 6.03 Å². The number of hydrogen-bond acceptors (Lipinski definition) is 2. The van der Waals surface area contributed by atoms with Gasteiger partial charge < -0.3 is 5.32 Å². The highest BCUT2D eigenvalue weighted by Crippen LogP contribution is 2.14. The number of benzene rings is 1. The molecule has 0 spiro atoms. The topological polar surface area (TPSA) is 54.0 Å². The Hall–Kier alpha value is -1.59. The lowest BCUT2D eigenvalue weighted by Crippen LogP contribution is -2.19. The summed E-state index contributed by atoms with van der Waals surface area (Å²) in [5.41, 5.74) is 0.659. The molecular formula is C12H9BrClN3O. The van der Waals surface area contributed by atoms with E-state index in [1.807, 2.05) is 0 Å². The Kier molecular flexibility index (Phi) is 4.17. The molecular weight excluding hydrogens is 318 g/mol. The number of carbonyl (C=O) groups excluding carboxylic acids is 1. The summed E-state index contributed by atoms with van der Waals surface area (Å²) in [5, 5.41) is 5.91. The minimum atomic E-state index is -0.358. The molecule has 1 aromatic heterocycles. The minimum Gasteiger partial charge on any atom is -0.308 e. The van der Waals surface area contributed by atoms with Gasteiger partial charge in [0.05, 0.1) is 0 Å². The zero-order valence-corrected chi connectivity index (χ0v) is 11.5. The van der Waals surface area contributed by atoms with Crippen molar-refractivity contribution in [3.63, 3.8) is 0 Å². The lowest BCUT2D eigenvalue weighted by molar-refractivity contribution is 0.262. The van der Waals surface area contributed by atoms with Gasteiger partial charge in [-0.2, -0.15) is 0 Å². The maximum atomic E-state index is 11.7. The third-order valence-electron chi connectivity index (χ3n) is 2.06. The van der Waals surface area contributed by atoms with Crippen LogP contribution in [0.4, 0.5) is 16.3 Å². The Morgan fingerprint density at radius 2 is 1.83 bits per heavy atom. The van der Waals surface area contributed by atoms with E-state index >= 15 is 0 Å². The first-order valence-corrected chi connectivity index (χ1v) is 6.27. The minimum absolute atomic E-state index is 0.358. The molecule has 0 aliphatic heterocycles. The van der Waals surface area contributed by atoms with Gasteiger partial charge in [-0.1, -0.05) is 17.7 Å². The molecule has 0 saturated heterocycles. The third-order valence-corrected chi connectivity index (χ3v) is 2.75. The Bertz CT molecular complexity index is 560. The van der Waals surface area contributed by atoms with Gasteiger partial charge in [0.15, 0.2) is 0 Å². The van der Waals surface area contributed by atoms with Gasteiger partial charge in [-0.25, -0.2) is 9.78 Å². The van der Waals surface area contributed by atoms with Gasteiger partial charge in [-0.3, -0.25) is 5.32 Å². The average molecular weight is 327 g/mol. The summed E-state index contributed by atoms with van der Waals surface area (Å²) >= 11 is 8.98. The molecule has 2 N–H and O–H groups in total. The first-order valence-electron chi connectivity index (χ1n) is 5.09. The second-order valence-corrected chi connectivity index (χ2v) is 4.68. The molecule has 6 heteroatoms. The number of aromatic nitrogens is 1. The lowest BCUT2D eigenvalue weighted by Gasteiger charge is -2.07. The van der Waals surface area contributed by atoms with Crippen LogP contribution in [0.25, 0.3) is 0 Å². The van der Waals surface area contributed by atoms with Crippen LogP contribution < -0.4 is 10.6 Å². The van der Waals surface area contributed by atoms with Crippen molar-refractivity contribution in [2.45, 2.75) is 0 Å². The standard InChI is InChI=1S/C12H9BrClN3O/c13-10-2-1-3-11(16-10)17-12(18)15-9-6-4-8(14)5-7-9/h1-7H,(H2,15,16,17,18).